The molecule has 2 aliphatic heterocycles. The summed E-state index contributed by atoms with van der Waals surface area (Å²) in [5.74, 6) is 0.345. The average molecular weight is 352 g/mol. The van der Waals surface area contributed by atoms with E-state index in [0.29, 0.717) is 34.1 Å². The highest BCUT2D eigenvalue weighted by atomic mass is 35.5. The molecule has 3 unspecified atom stereocenters. The van der Waals surface area contributed by atoms with E-state index < -0.39 is 0 Å². The van der Waals surface area contributed by atoms with Crippen molar-refractivity contribution in [2.75, 3.05) is 12.8 Å². The second-order valence-electron chi connectivity index (χ2n) is 7.17. The molecule has 1 aromatic carbocycles. The summed E-state index contributed by atoms with van der Waals surface area (Å²) in [4.78, 5) is 15.3. The van der Waals surface area contributed by atoms with Crippen LogP contribution in [0.4, 0.5) is 5.69 Å². The zero-order valence-electron chi connectivity index (χ0n) is 14.5. The fraction of sp³-hybridized carbons (Fsp3) is 0.611. The summed E-state index contributed by atoms with van der Waals surface area (Å²) in [7, 11) is 2.16. The summed E-state index contributed by atoms with van der Waals surface area (Å²) in [6.07, 6.45) is 4.55. The summed E-state index contributed by atoms with van der Waals surface area (Å²) < 4.78 is 5.76. The molecule has 0 saturated carbocycles. The molecule has 3 atom stereocenters. The molecule has 2 fully saturated rings. The Bertz CT molecular complexity index is 635. The maximum atomic E-state index is 12.9. The van der Waals surface area contributed by atoms with Crippen LogP contribution in [0, 0.1) is 0 Å². The third-order valence-electron chi connectivity index (χ3n) is 5.15. The van der Waals surface area contributed by atoms with E-state index in [0.717, 1.165) is 12.8 Å². The van der Waals surface area contributed by atoms with E-state index >= 15 is 0 Å². The highest BCUT2D eigenvalue weighted by molar-refractivity contribution is 6.33. The quantitative estimate of drug-likeness (QED) is 0.818. The van der Waals surface area contributed by atoms with Crippen molar-refractivity contribution in [3.63, 3.8) is 0 Å². The zero-order chi connectivity index (χ0) is 17.4. The zero-order valence-corrected chi connectivity index (χ0v) is 15.3. The minimum atomic E-state index is -0.140. The number of carbonyl (C=O) groups excluding carboxylic acids is 1. The molecule has 5 nitrogen and oxygen atoms in total. The first-order valence-electron chi connectivity index (χ1n) is 8.65. The fourth-order valence-electron chi connectivity index (χ4n) is 3.96. The predicted molar refractivity (Wildman–Crippen MR) is 96.7 cm³/mol. The number of piperidine rings is 1. The van der Waals surface area contributed by atoms with E-state index in [1.807, 2.05) is 13.8 Å². The second kappa shape index (κ2) is 6.81. The minimum Gasteiger partial charge on any atom is -0.490 e. The standard InChI is InChI=1S/C18H26ClN3O2/c1-10(2)24-17-9-14(20)13(19)8-12(17)18(23)21-15-7-11-5-4-6-16(15)22(11)3/h8-11,15-16H,4-7,20H2,1-3H3,(H,21,23). The predicted octanol–water partition coefficient (Wildman–Crippen LogP) is 3.06. The van der Waals surface area contributed by atoms with Crippen LogP contribution in [0.25, 0.3) is 0 Å². The van der Waals surface area contributed by atoms with Gasteiger partial charge >= 0.3 is 0 Å². The SMILES string of the molecule is CC(C)Oc1cc(N)c(Cl)cc1C(=O)NC1CC2CCCC1N2C. The monoisotopic (exact) mass is 351 g/mol. The van der Waals surface area contributed by atoms with E-state index in [9.17, 15) is 4.79 Å². The van der Waals surface area contributed by atoms with Crippen LogP contribution in [-0.2, 0) is 0 Å². The number of hydrogen-bond donors (Lipinski definition) is 2. The molecule has 2 heterocycles. The first-order chi connectivity index (χ1) is 11.4. The van der Waals surface area contributed by atoms with Crippen LogP contribution in [0.5, 0.6) is 5.75 Å². The summed E-state index contributed by atoms with van der Waals surface area (Å²) in [6.45, 7) is 3.84. The van der Waals surface area contributed by atoms with E-state index in [1.165, 1.54) is 12.8 Å². The van der Waals surface area contributed by atoms with Gasteiger partial charge in [-0.15, -0.1) is 0 Å². The largest absolute Gasteiger partial charge is 0.490 e. The summed E-state index contributed by atoms with van der Waals surface area (Å²) >= 11 is 6.13. The molecule has 0 aliphatic carbocycles. The molecule has 0 radical (unpaired) electrons. The number of benzene rings is 1. The molecule has 24 heavy (non-hydrogen) atoms. The van der Waals surface area contributed by atoms with Crippen molar-refractivity contribution in [2.45, 2.75) is 63.8 Å². The van der Waals surface area contributed by atoms with Crippen molar-refractivity contribution in [3.8, 4) is 5.75 Å². The molecular formula is C18H26ClN3O2. The van der Waals surface area contributed by atoms with Crippen molar-refractivity contribution in [2.24, 2.45) is 0 Å². The topological polar surface area (TPSA) is 67.6 Å². The Balaban J connectivity index is 1.81. The number of nitrogens with zero attached hydrogens (tertiary/aromatic N) is 1. The number of rotatable bonds is 4. The third-order valence-corrected chi connectivity index (χ3v) is 5.48. The Kier molecular flexibility index (Phi) is 4.92. The smallest absolute Gasteiger partial charge is 0.255 e. The maximum absolute atomic E-state index is 12.9. The van der Waals surface area contributed by atoms with Gasteiger partial charge in [0.15, 0.2) is 0 Å². The van der Waals surface area contributed by atoms with Gasteiger partial charge in [-0.1, -0.05) is 18.0 Å². The molecule has 6 heteroatoms. The van der Waals surface area contributed by atoms with E-state index in [2.05, 4.69) is 17.3 Å². The van der Waals surface area contributed by atoms with Gasteiger partial charge in [0.1, 0.15) is 5.75 Å². The normalized spacial score (nSPS) is 26.6. The number of carbonyl (C=O) groups is 1. The minimum absolute atomic E-state index is 0.0473. The number of hydrogen-bond acceptors (Lipinski definition) is 4. The van der Waals surface area contributed by atoms with Crippen LogP contribution in [0.15, 0.2) is 12.1 Å². The van der Waals surface area contributed by atoms with Gasteiger partial charge in [0, 0.05) is 24.2 Å². The Morgan fingerprint density at radius 2 is 2.17 bits per heavy atom. The van der Waals surface area contributed by atoms with Gasteiger partial charge < -0.3 is 15.8 Å². The first kappa shape index (κ1) is 17.4. The van der Waals surface area contributed by atoms with Gasteiger partial charge in [0.05, 0.1) is 22.4 Å². The molecule has 3 rings (SSSR count). The van der Waals surface area contributed by atoms with Crippen LogP contribution in [0.2, 0.25) is 5.02 Å². The number of likely N-dealkylation sites (N-methyl/N-ethyl adjacent to an activating group) is 1. The van der Waals surface area contributed by atoms with E-state index in [4.69, 9.17) is 22.1 Å². The van der Waals surface area contributed by atoms with Crippen molar-refractivity contribution in [1.29, 1.82) is 0 Å². The average Bonchev–Trinajstić information content (AvgIpc) is 2.69. The molecule has 0 aromatic heterocycles. The number of nitrogen functional groups attached to an aromatic ring is 1. The maximum Gasteiger partial charge on any atom is 0.255 e. The summed E-state index contributed by atoms with van der Waals surface area (Å²) in [6, 6.07) is 4.42. The van der Waals surface area contributed by atoms with Crippen molar-refractivity contribution in [1.82, 2.24) is 10.2 Å². The molecule has 1 aromatic rings. The van der Waals surface area contributed by atoms with Crippen LogP contribution < -0.4 is 15.8 Å². The molecule has 3 N–H and O–H groups in total. The Hall–Kier alpha value is -1.46. The Labute approximate surface area is 148 Å². The molecule has 1 amide bonds. The highest BCUT2D eigenvalue weighted by Crippen LogP contribution is 2.35. The van der Waals surface area contributed by atoms with Crippen LogP contribution in [0.1, 0.15) is 49.9 Å². The molecule has 2 saturated heterocycles. The van der Waals surface area contributed by atoms with Crippen molar-refractivity contribution >= 4 is 23.2 Å². The van der Waals surface area contributed by atoms with Crippen molar-refractivity contribution in [3.05, 3.63) is 22.7 Å². The van der Waals surface area contributed by atoms with E-state index in [1.54, 1.807) is 12.1 Å². The lowest BCUT2D eigenvalue weighted by Gasteiger charge is -2.32. The lowest BCUT2D eigenvalue weighted by atomic mass is 10.0. The highest BCUT2D eigenvalue weighted by Gasteiger charge is 2.42. The number of fused-ring (bicyclic) bond motifs is 2. The number of nitrogens with two attached hydrogens (primary N) is 1. The third kappa shape index (κ3) is 3.33. The summed E-state index contributed by atoms with van der Waals surface area (Å²) in [5.41, 5.74) is 6.73. The molecule has 2 aliphatic rings. The van der Waals surface area contributed by atoms with Crippen molar-refractivity contribution < 1.29 is 9.53 Å². The second-order valence-corrected chi connectivity index (χ2v) is 7.58. The molecule has 2 bridgehead atoms. The van der Waals surface area contributed by atoms with Gasteiger partial charge in [0.2, 0.25) is 0 Å². The lowest BCUT2D eigenvalue weighted by Crippen LogP contribution is -2.45. The first-order valence-corrected chi connectivity index (χ1v) is 9.03. The van der Waals surface area contributed by atoms with Gasteiger partial charge in [-0.05, 0) is 46.2 Å². The van der Waals surface area contributed by atoms with Crippen LogP contribution in [-0.4, -0.2) is 42.1 Å². The number of ether oxygens (including phenoxy) is 1. The Morgan fingerprint density at radius 1 is 1.42 bits per heavy atom. The Morgan fingerprint density at radius 3 is 2.83 bits per heavy atom. The van der Waals surface area contributed by atoms with Gasteiger partial charge in [-0.3, -0.25) is 9.69 Å². The number of anilines is 1. The van der Waals surface area contributed by atoms with Gasteiger partial charge in [-0.2, -0.15) is 0 Å². The molecular weight excluding hydrogens is 326 g/mol. The number of nitrogens with one attached hydrogen (secondary N) is 1. The van der Waals surface area contributed by atoms with Crippen LogP contribution >= 0.6 is 11.6 Å². The summed E-state index contributed by atoms with van der Waals surface area (Å²) in [5, 5.41) is 3.57. The van der Waals surface area contributed by atoms with Crippen LogP contribution in [0.3, 0.4) is 0 Å². The molecule has 132 valence electrons. The fourth-order valence-corrected chi connectivity index (χ4v) is 4.12. The number of halogens is 1. The molecule has 0 spiro atoms. The number of amides is 1. The van der Waals surface area contributed by atoms with Gasteiger partial charge in [0.25, 0.3) is 5.91 Å². The van der Waals surface area contributed by atoms with E-state index in [-0.39, 0.29) is 18.1 Å². The van der Waals surface area contributed by atoms with Gasteiger partial charge in [-0.25, -0.2) is 0 Å². The lowest BCUT2D eigenvalue weighted by molar-refractivity contribution is 0.0915.